The fourth-order valence-corrected chi connectivity index (χ4v) is 3.89. The van der Waals surface area contributed by atoms with Crippen LogP contribution in [0.1, 0.15) is 19.3 Å². The zero-order valence-corrected chi connectivity index (χ0v) is 9.81. The molecule has 0 amide bonds. The number of hydrogen-bond donors (Lipinski definition) is 0. The van der Waals surface area contributed by atoms with Crippen LogP contribution in [0.3, 0.4) is 0 Å². The van der Waals surface area contributed by atoms with Gasteiger partial charge in [-0.2, -0.15) is 0 Å². The first-order chi connectivity index (χ1) is 6.68. The number of nitrogens with zero attached hydrogens (tertiary/aromatic N) is 1. The highest BCUT2D eigenvalue weighted by Gasteiger charge is 2.49. The van der Waals surface area contributed by atoms with E-state index in [0.717, 1.165) is 26.1 Å². The van der Waals surface area contributed by atoms with Crippen molar-refractivity contribution in [3.05, 3.63) is 0 Å². The molecule has 0 aliphatic carbocycles. The van der Waals surface area contributed by atoms with E-state index in [1.165, 1.54) is 12.8 Å². The number of ether oxygens (including phenoxy) is 1. The lowest BCUT2D eigenvalue weighted by atomic mass is 9.95. The SMILES string of the molecule is COCC12CCCN1CC(S(C)=O)C2. The minimum Gasteiger partial charge on any atom is -0.383 e. The van der Waals surface area contributed by atoms with Crippen LogP contribution in [-0.4, -0.2) is 53.0 Å². The normalized spacial score (nSPS) is 40.0. The van der Waals surface area contributed by atoms with Crippen molar-refractivity contribution in [1.82, 2.24) is 4.90 Å². The summed E-state index contributed by atoms with van der Waals surface area (Å²) < 4.78 is 16.8. The van der Waals surface area contributed by atoms with Gasteiger partial charge in [0.05, 0.1) is 6.61 Å². The quantitative estimate of drug-likeness (QED) is 0.694. The van der Waals surface area contributed by atoms with Crippen molar-refractivity contribution in [3.8, 4) is 0 Å². The molecule has 2 rings (SSSR count). The summed E-state index contributed by atoms with van der Waals surface area (Å²) in [5, 5.41) is 0.366. The summed E-state index contributed by atoms with van der Waals surface area (Å²) in [6, 6.07) is 0. The summed E-state index contributed by atoms with van der Waals surface area (Å²) in [5.41, 5.74) is 0.227. The second-order valence-corrected chi connectivity index (χ2v) is 6.20. The van der Waals surface area contributed by atoms with Gasteiger partial charge in [-0.15, -0.1) is 0 Å². The summed E-state index contributed by atoms with van der Waals surface area (Å²) in [7, 11) is 1.09. The Morgan fingerprint density at radius 2 is 2.43 bits per heavy atom. The molecule has 0 spiro atoms. The summed E-state index contributed by atoms with van der Waals surface area (Å²) in [6.07, 6.45) is 5.37. The monoisotopic (exact) mass is 217 g/mol. The highest BCUT2D eigenvalue weighted by Crippen LogP contribution is 2.40. The van der Waals surface area contributed by atoms with Gasteiger partial charge in [-0.1, -0.05) is 0 Å². The third-order valence-electron chi connectivity index (χ3n) is 3.66. The zero-order chi connectivity index (χ0) is 10.2. The lowest BCUT2D eigenvalue weighted by molar-refractivity contribution is 0.0655. The predicted octanol–water partition coefficient (Wildman–Crippen LogP) is 0.618. The highest BCUT2D eigenvalue weighted by atomic mass is 32.2. The fraction of sp³-hybridized carbons (Fsp3) is 1.00. The summed E-state index contributed by atoms with van der Waals surface area (Å²) in [5.74, 6) is 0. The zero-order valence-electron chi connectivity index (χ0n) is 8.99. The molecule has 4 heteroatoms. The molecule has 82 valence electrons. The van der Waals surface area contributed by atoms with E-state index in [1.54, 1.807) is 7.11 Å². The van der Waals surface area contributed by atoms with Crippen molar-refractivity contribution in [2.45, 2.75) is 30.1 Å². The van der Waals surface area contributed by atoms with Crippen LogP contribution in [0.5, 0.6) is 0 Å². The van der Waals surface area contributed by atoms with Crippen LogP contribution in [0, 0.1) is 0 Å². The molecule has 0 saturated carbocycles. The van der Waals surface area contributed by atoms with Crippen LogP contribution in [-0.2, 0) is 15.5 Å². The maximum absolute atomic E-state index is 11.5. The van der Waals surface area contributed by atoms with Gasteiger partial charge in [0, 0.05) is 41.5 Å². The van der Waals surface area contributed by atoms with Crippen molar-refractivity contribution in [2.75, 3.05) is 33.1 Å². The number of hydrogen-bond acceptors (Lipinski definition) is 3. The standard InChI is InChI=1S/C10H19NO2S/c1-13-8-10-4-3-5-11(10)7-9(6-10)14(2)12/h9H,3-8H2,1-2H3. The largest absolute Gasteiger partial charge is 0.383 e. The lowest BCUT2D eigenvalue weighted by Gasteiger charge is -2.30. The number of rotatable bonds is 3. The van der Waals surface area contributed by atoms with E-state index in [0.29, 0.717) is 5.25 Å². The van der Waals surface area contributed by atoms with Crippen molar-refractivity contribution in [1.29, 1.82) is 0 Å². The second kappa shape index (κ2) is 3.91. The topological polar surface area (TPSA) is 29.5 Å². The van der Waals surface area contributed by atoms with Gasteiger partial charge in [0.2, 0.25) is 0 Å². The molecule has 0 aromatic rings. The van der Waals surface area contributed by atoms with Gasteiger partial charge in [-0.05, 0) is 25.8 Å². The third-order valence-corrected chi connectivity index (χ3v) is 4.91. The van der Waals surface area contributed by atoms with Gasteiger partial charge in [0.25, 0.3) is 0 Å². The Kier molecular flexibility index (Phi) is 2.96. The molecule has 2 aliphatic rings. The molecule has 3 nitrogen and oxygen atoms in total. The Hall–Kier alpha value is 0.0700. The van der Waals surface area contributed by atoms with Crippen LogP contribution >= 0.6 is 0 Å². The lowest BCUT2D eigenvalue weighted by Crippen LogP contribution is -2.42. The van der Waals surface area contributed by atoms with E-state index in [-0.39, 0.29) is 5.54 Å². The summed E-state index contributed by atoms with van der Waals surface area (Å²) in [4.78, 5) is 2.49. The van der Waals surface area contributed by atoms with Crippen LogP contribution in [0.2, 0.25) is 0 Å². The van der Waals surface area contributed by atoms with E-state index in [4.69, 9.17) is 4.74 Å². The maximum Gasteiger partial charge on any atom is 0.0647 e. The van der Waals surface area contributed by atoms with Crippen molar-refractivity contribution < 1.29 is 8.95 Å². The molecule has 0 bridgehead atoms. The summed E-state index contributed by atoms with van der Waals surface area (Å²) >= 11 is 0. The second-order valence-electron chi connectivity index (χ2n) is 4.53. The van der Waals surface area contributed by atoms with Crippen molar-refractivity contribution in [2.24, 2.45) is 0 Å². The minimum absolute atomic E-state index is 0.227. The van der Waals surface area contributed by atoms with E-state index >= 15 is 0 Å². The molecule has 3 atom stereocenters. The Labute approximate surface area is 88.3 Å². The van der Waals surface area contributed by atoms with Gasteiger partial charge in [0.15, 0.2) is 0 Å². The van der Waals surface area contributed by atoms with Crippen LogP contribution in [0.15, 0.2) is 0 Å². The van der Waals surface area contributed by atoms with E-state index in [1.807, 2.05) is 6.26 Å². The molecule has 0 aromatic carbocycles. The molecule has 2 fully saturated rings. The van der Waals surface area contributed by atoms with Crippen LogP contribution in [0.25, 0.3) is 0 Å². The predicted molar refractivity (Wildman–Crippen MR) is 57.9 cm³/mol. The minimum atomic E-state index is -0.677. The van der Waals surface area contributed by atoms with Crippen molar-refractivity contribution in [3.63, 3.8) is 0 Å². The maximum atomic E-state index is 11.5. The van der Waals surface area contributed by atoms with Gasteiger partial charge < -0.3 is 4.74 Å². The Balaban J connectivity index is 2.10. The van der Waals surface area contributed by atoms with Gasteiger partial charge >= 0.3 is 0 Å². The molecule has 2 saturated heterocycles. The molecule has 3 unspecified atom stereocenters. The Morgan fingerprint density at radius 3 is 3.07 bits per heavy atom. The highest BCUT2D eigenvalue weighted by molar-refractivity contribution is 7.84. The molecular formula is C10H19NO2S. The van der Waals surface area contributed by atoms with Gasteiger partial charge in [0.1, 0.15) is 0 Å². The first kappa shape index (κ1) is 10.6. The first-order valence-electron chi connectivity index (χ1n) is 5.24. The van der Waals surface area contributed by atoms with Gasteiger partial charge in [-0.3, -0.25) is 9.11 Å². The molecule has 2 aliphatic heterocycles. The average Bonchev–Trinajstić information content (AvgIpc) is 2.60. The number of fused-ring (bicyclic) bond motifs is 1. The van der Waals surface area contributed by atoms with Crippen LogP contribution < -0.4 is 0 Å². The Bertz CT molecular complexity index is 246. The molecule has 0 aromatic heterocycles. The van der Waals surface area contributed by atoms with E-state index < -0.39 is 10.8 Å². The molecule has 2 heterocycles. The van der Waals surface area contributed by atoms with Crippen molar-refractivity contribution >= 4 is 10.8 Å². The smallest absolute Gasteiger partial charge is 0.0647 e. The average molecular weight is 217 g/mol. The summed E-state index contributed by atoms with van der Waals surface area (Å²) in [6.45, 7) is 2.98. The van der Waals surface area contributed by atoms with E-state index in [2.05, 4.69) is 4.90 Å². The third kappa shape index (κ3) is 1.64. The van der Waals surface area contributed by atoms with Crippen LogP contribution in [0.4, 0.5) is 0 Å². The van der Waals surface area contributed by atoms with Gasteiger partial charge in [-0.25, -0.2) is 0 Å². The molecule has 14 heavy (non-hydrogen) atoms. The number of methoxy groups -OCH3 is 1. The molecular weight excluding hydrogens is 198 g/mol. The molecule has 0 N–H and O–H groups in total. The fourth-order valence-electron chi connectivity index (χ4n) is 2.96. The Morgan fingerprint density at radius 1 is 1.64 bits per heavy atom. The molecule has 0 radical (unpaired) electrons. The van der Waals surface area contributed by atoms with E-state index in [9.17, 15) is 4.21 Å². The first-order valence-corrected chi connectivity index (χ1v) is 6.86.